The summed E-state index contributed by atoms with van der Waals surface area (Å²) in [4.78, 5) is 7.43. The summed E-state index contributed by atoms with van der Waals surface area (Å²) in [6.45, 7) is 3.28. The maximum Gasteiger partial charge on any atom is 0.110 e. The molecule has 0 aromatic carbocycles. The normalized spacial score (nSPS) is 20.6. The smallest absolute Gasteiger partial charge is 0.110 e. The van der Waals surface area contributed by atoms with Gasteiger partial charge in [-0.2, -0.15) is 0 Å². The van der Waals surface area contributed by atoms with E-state index in [-0.39, 0.29) is 0 Å². The van der Waals surface area contributed by atoms with E-state index in [4.69, 9.17) is 4.98 Å². The molecule has 1 aliphatic rings. The van der Waals surface area contributed by atoms with Gasteiger partial charge in [0.25, 0.3) is 0 Å². The Labute approximate surface area is 110 Å². The van der Waals surface area contributed by atoms with E-state index in [1.165, 1.54) is 34.0 Å². The predicted octanol–water partition coefficient (Wildman–Crippen LogP) is 3.99. The fourth-order valence-electron chi connectivity index (χ4n) is 2.20. The number of nitrogens with one attached hydrogen (secondary N) is 1. The van der Waals surface area contributed by atoms with Crippen LogP contribution in [0.3, 0.4) is 0 Å². The zero-order chi connectivity index (χ0) is 11.7. The molecule has 2 aromatic heterocycles. The Balaban J connectivity index is 1.82. The lowest BCUT2D eigenvalue weighted by Gasteiger charge is -2.21. The number of nitrogens with zero attached hydrogens (tertiary/aromatic N) is 1. The first-order valence-electron chi connectivity index (χ1n) is 6.08. The molecule has 1 unspecified atom stereocenters. The molecule has 1 fully saturated rings. The van der Waals surface area contributed by atoms with Gasteiger partial charge in [-0.05, 0) is 38.4 Å². The second-order valence-corrected chi connectivity index (χ2v) is 6.66. The third-order valence-electron chi connectivity index (χ3n) is 3.12. The minimum absolute atomic E-state index is 0.489. The lowest BCUT2D eigenvalue weighted by atomic mass is 10.1. The minimum Gasteiger partial charge on any atom is -0.308 e. The maximum absolute atomic E-state index is 4.78. The molecule has 1 aliphatic heterocycles. The maximum atomic E-state index is 4.78. The van der Waals surface area contributed by atoms with Crippen LogP contribution in [0.15, 0.2) is 17.5 Å². The zero-order valence-electron chi connectivity index (χ0n) is 9.90. The number of aromatic nitrogens is 1. The van der Waals surface area contributed by atoms with Crippen LogP contribution in [0.2, 0.25) is 0 Å². The summed E-state index contributed by atoms with van der Waals surface area (Å²) in [7, 11) is 0. The van der Waals surface area contributed by atoms with E-state index in [0.29, 0.717) is 6.04 Å². The van der Waals surface area contributed by atoms with Gasteiger partial charge in [0.15, 0.2) is 0 Å². The molecule has 0 radical (unpaired) electrons. The number of thiophene rings is 1. The second kappa shape index (κ2) is 4.88. The molecule has 1 N–H and O–H groups in total. The van der Waals surface area contributed by atoms with E-state index in [1.54, 1.807) is 11.3 Å². The van der Waals surface area contributed by atoms with E-state index >= 15 is 0 Å². The molecule has 3 heterocycles. The molecule has 0 saturated carbocycles. The molecule has 1 atom stereocenters. The molecule has 0 spiro atoms. The number of piperidine rings is 1. The Morgan fingerprint density at radius 1 is 1.35 bits per heavy atom. The van der Waals surface area contributed by atoms with Crippen molar-refractivity contribution in [2.24, 2.45) is 0 Å². The monoisotopic (exact) mass is 264 g/mol. The Kier molecular flexibility index (Phi) is 3.27. The van der Waals surface area contributed by atoms with Crippen molar-refractivity contribution in [3.05, 3.63) is 27.4 Å². The van der Waals surface area contributed by atoms with Crippen LogP contribution in [0.1, 0.15) is 35.2 Å². The summed E-state index contributed by atoms with van der Waals surface area (Å²) >= 11 is 3.62. The summed E-state index contributed by atoms with van der Waals surface area (Å²) in [5, 5.41) is 7.00. The molecular weight excluding hydrogens is 248 g/mol. The van der Waals surface area contributed by atoms with E-state index in [0.717, 1.165) is 12.2 Å². The number of thiazole rings is 1. The summed E-state index contributed by atoms with van der Waals surface area (Å²) in [6.07, 6.45) is 3.86. The van der Waals surface area contributed by atoms with Crippen molar-refractivity contribution in [1.82, 2.24) is 10.3 Å². The molecule has 2 nitrogen and oxygen atoms in total. The zero-order valence-corrected chi connectivity index (χ0v) is 11.5. The van der Waals surface area contributed by atoms with E-state index < -0.39 is 0 Å². The van der Waals surface area contributed by atoms with Crippen LogP contribution in [-0.2, 0) is 0 Å². The van der Waals surface area contributed by atoms with E-state index in [1.807, 2.05) is 11.3 Å². The summed E-state index contributed by atoms with van der Waals surface area (Å²) in [6, 6.07) is 4.83. The molecule has 17 heavy (non-hydrogen) atoms. The first kappa shape index (κ1) is 11.4. The van der Waals surface area contributed by atoms with Crippen LogP contribution in [0.5, 0.6) is 0 Å². The molecule has 2 aromatic rings. The Morgan fingerprint density at radius 2 is 2.29 bits per heavy atom. The number of hydrogen-bond acceptors (Lipinski definition) is 4. The highest BCUT2D eigenvalue weighted by Gasteiger charge is 2.18. The standard InChI is InChI=1S/C13H16N2S2/c1-9-5-6-12(17-9)11-8-16-13(15-11)10-4-2-3-7-14-10/h5-6,8,10,14H,2-4,7H2,1H3. The first-order valence-corrected chi connectivity index (χ1v) is 7.78. The molecule has 1 saturated heterocycles. The molecule has 3 rings (SSSR count). The average molecular weight is 264 g/mol. The predicted molar refractivity (Wildman–Crippen MR) is 74.8 cm³/mol. The van der Waals surface area contributed by atoms with Gasteiger partial charge in [0.2, 0.25) is 0 Å². The van der Waals surface area contributed by atoms with E-state index in [2.05, 4.69) is 29.8 Å². The van der Waals surface area contributed by atoms with Gasteiger partial charge in [0.1, 0.15) is 5.01 Å². The van der Waals surface area contributed by atoms with Gasteiger partial charge in [-0.1, -0.05) is 6.42 Å². The highest BCUT2D eigenvalue weighted by Crippen LogP contribution is 2.32. The van der Waals surface area contributed by atoms with Crippen molar-refractivity contribution in [1.29, 1.82) is 0 Å². The topological polar surface area (TPSA) is 24.9 Å². The SMILES string of the molecule is Cc1ccc(-c2csc(C3CCCCN3)n2)s1. The van der Waals surface area contributed by atoms with Gasteiger partial charge in [0, 0.05) is 10.3 Å². The summed E-state index contributed by atoms with van der Waals surface area (Å²) in [5.41, 5.74) is 1.15. The molecule has 4 heteroatoms. The van der Waals surface area contributed by atoms with Crippen molar-refractivity contribution in [2.45, 2.75) is 32.2 Å². The van der Waals surface area contributed by atoms with E-state index in [9.17, 15) is 0 Å². The third-order valence-corrected chi connectivity index (χ3v) is 5.10. The van der Waals surface area contributed by atoms with Crippen LogP contribution in [0.4, 0.5) is 0 Å². The van der Waals surface area contributed by atoms with Gasteiger partial charge in [-0.15, -0.1) is 22.7 Å². The Bertz CT molecular complexity index is 495. The lowest BCUT2D eigenvalue weighted by molar-refractivity contribution is 0.411. The average Bonchev–Trinajstić information content (AvgIpc) is 2.98. The highest BCUT2D eigenvalue weighted by atomic mass is 32.1. The summed E-state index contributed by atoms with van der Waals surface area (Å²) < 4.78 is 0. The largest absolute Gasteiger partial charge is 0.308 e. The van der Waals surface area contributed by atoms with Gasteiger partial charge in [0.05, 0.1) is 16.6 Å². The third kappa shape index (κ3) is 2.44. The van der Waals surface area contributed by atoms with Crippen molar-refractivity contribution >= 4 is 22.7 Å². The Morgan fingerprint density at radius 3 is 3.00 bits per heavy atom. The van der Waals surface area contributed by atoms with Gasteiger partial charge in [-0.3, -0.25) is 0 Å². The second-order valence-electron chi connectivity index (χ2n) is 4.48. The Hall–Kier alpha value is -0.710. The molecule has 0 amide bonds. The fourth-order valence-corrected chi connectivity index (χ4v) is 4.03. The number of hydrogen-bond donors (Lipinski definition) is 1. The summed E-state index contributed by atoms with van der Waals surface area (Å²) in [5.74, 6) is 0. The molecular formula is C13H16N2S2. The molecule has 0 aliphatic carbocycles. The molecule has 90 valence electrons. The van der Waals surface area contributed by atoms with Gasteiger partial charge < -0.3 is 5.32 Å². The van der Waals surface area contributed by atoms with Crippen LogP contribution >= 0.6 is 22.7 Å². The van der Waals surface area contributed by atoms with Gasteiger partial charge in [-0.25, -0.2) is 4.98 Å². The van der Waals surface area contributed by atoms with Crippen LogP contribution in [-0.4, -0.2) is 11.5 Å². The lowest BCUT2D eigenvalue weighted by Crippen LogP contribution is -2.26. The van der Waals surface area contributed by atoms with Crippen molar-refractivity contribution in [2.75, 3.05) is 6.54 Å². The minimum atomic E-state index is 0.489. The van der Waals surface area contributed by atoms with Gasteiger partial charge >= 0.3 is 0 Å². The first-order chi connectivity index (χ1) is 8.33. The van der Waals surface area contributed by atoms with Crippen molar-refractivity contribution < 1.29 is 0 Å². The number of aryl methyl sites for hydroxylation is 1. The van der Waals surface area contributed by atoms with Crippen LogP contribution in [0, 0.1) is 6.92 Å². The van der Waals surface area contributed by atoms with Crippen molar-refractivity contribution in [3.8, 4) is 10.6 Å². The number of rotatable bonds is 2. The van der Waals surface area contributed by atoms with Crippen LogP contribution in [0.25, 0.3) is 10.6 Å². The highest BCUT2D eigenvalue weighted by molar-refractivity contribution is 7.16. The van der Waals surface area contributed by atoms with Crippen molar-refractivity contribution in [3.63, 3.8) is 0 Å². The molecule has 0 bridgehead atoms. The fraction of sp³-hybridized carbons (Fsp3) is 0.462. The quantitative estimate of drug-likeness (QED) is 0.887. The van der Waals surface area contributed by atoms with Crippen LogP contribution < -0.4 is 5.32 Å².